The maximum Gasteiger partial charge on any atom is 0.245 e. The molecule has 1 rings (SSSR count). The highest BCUT2D eigenvalue weighted by Gasteiger charge is 2.29. The summed E-state index contributed by atoms with van der Waals surface area (Å²) in [6.45, 7) is 6.63. The standard InChI is InChI=1S/C16H23N3O3/c1-11(2)22-9-5-8-18-16(21)13(10-17)15(20)14-7-6-12(3)19(14)4/h6-7,11,13H,5,8-9H2,1-4H3,(H,18,21). The summed E-state index contributed by atoms with van der Waals surface area (Å²) in [4.78, 5) is 24.3. The first-order chi connectivity index (χ1) is 10.4. The van der Waals surface area contributed by atoms with Crippen molar-refractivity contribution in [1.82, 2.24) is 9.88 Å². The van der Waals surface area contributed by atoms with Crippen molar-refractivity contribution in [3.05, 3.63) is 23.5 Å². The number of hydrogen-bond acceptors (Lipinski definition) is 4. The molecule has 6 heteroatoms. The Labute approximate surface area is 131 Å². The maximum absolute atomic E-state index is 12.3. The highest BCUT2D eigenvalue weighted by molar-refractivity contribution is 6.11. The summed E-state index contributed by atoms with van der Waals surface area (Å²) < 4.78 is 7.04. The van der Waals surface area contributed by atoms with Gasteiger partial charge >= 0.3 is 0 Å². The van der Waals surface area contributed by atoms with Crippen LogP contribution in [-0.2, 0) is 16.6 Å². The van der Waals surface area contributed by atoms with Crippen LogP contribution in [0.5, 0.6) is 0 Å². The second-order valence-electron chi connectivity index (χ2n) is 5.41. The van der Waals surface area contributed by atoms with Crippen molar-refractivity contribution in [3.63, 3.8) is 0 Å². The van der Waals surface area contributed by atoms with Gasteiger partial charge < -0.3 is 14.6 Å². The molecule has 1 atom stereocenters. The van der Waals surface area contributed by atoms with Crippen LogP contribution in [-0.4, -0.2) is 35.5 Å². The Hall–Kier alpha value is -2.13. The van der Waals surface area contributed by atoms with E-state index in [9.17, 15) is 9.59 Å². The molecule has 6 nitrogen and oxygen atoms in total. The Morgan fingerprint density at radius 2 is 2.09 bits per heavy atom. The lowest BCUT2D eigenvalue weighted by Crippen LogP contribution is -2.36. The number of aryl methyl sites for hydroxylation is 1. The molecule has 0 aliphatic rings. The van der Waals surface area contributed by atoms with Gasteiger partial charge in [-0.05, 0) is 39.3 Å². The quantitative estimate of drug-likeness (QED) is 0.449. The zero-order valence-electron chi connectivity index (χ0n) is 13.5. The fraction of sp³-hybridized carbons (Fsp3) is 0.562. The van der Waals surface area contributed by atoms with E-state index >= 15 is 0 Å². The minimum Gasteiger partial charge on any atom is -0.379 e. The number of carbonyl (C=O) groups excluding carboxylic acids is 2. The van der Waals surface area contributed by atoms with Gasteiger partial charge in [0.2, 0.25) is 11.7 Å². The molecule has 22 heavy (non-hydrogen) atoms. The van der Waals surface area contributed by atoms with Crippen LogP contribution in [0, 0.1) is 24.2 Å². The van der Waals surface area contributed by atoms with Crippen LogP contribution in [0.1, 0.15) is 36.5 Å². The molecule has 0 aliphatic heterocycles. The molecule has 0 saturated carbocycles. The lowest BCUT2D eigenvalue weighted by atomic mass is 10.0. The summed E-state index contributed by atoms with van der Waals surface area (Å²) in [5.74, 6) is -2.36. The molecule has 1 N–H and O–H groups in total. The molecule has 0 aromatic carbocycles. The molecular weight excluding hydrogens is 282 g/mol. The molecule has 1 amide bonds. The van der Waals surface area contributed by atoms with Crippen LogP contribution >= 0.6 is 0 Å². The number of ether oxygens (including phenoxy) is 1. The highest BCUT2D eigenvalue weighted by atomic mass is 16.5. The van der Waals surface area contributed by atoms with Crippen molar-refractivity contribution < 1.29 is 14.3 Å². The number of ketones is 1. The third kappa shape index (κ3) is 4.71. The second kappa shape index (κ2) is 8.35. The number of nitrogens with one attached hydrogen (secondary N) is 1. The average Bonchev–Trinajstić information content (AvgIpc) is 2.79. The Morgan fingerprint density at radius 3 is 2.59 bits per heavy atom. The smallest absolute Gasteiger partial charge is 0.245 e. The monoisotopic (exact) mass is 305 g/mol. The fourth-order valence-electron chi connectivity index (χ4n) is 1.95. The van der Waals surface area contributed by atoms with Crippen molar-refractivity contribution in [3.8, 4) is 6.07 Å². The molecule has 0 fully saturated rings. The van der Waals surface area contributed by atoms with E-state index in [1.165, 1.54) is 0 Å². The zero-order chi connectivity index (χ0) is 16.7. The first kappa shape index (κ1) is 17.9. The van der Waals surface area contributed by atoms with Gasteiger partial charge in [-0.1, -0.05) is 0 Å². The largest absolute Gasteiger partial charge is 0.379 e. The van der Waals surface area contributed by atoms with E-state index in [0.29, 0.717) is 25.3 Å². The topological polar surface area (TPSA) is 84.1 Å². The number of amides is 1. The first-order valence-electron chi connectivity index (χ1n) is 7.34. The predicted molar refractivity (Wildman–Crippen MR) is 82.3 cm³/mol. The van der Waals surface area contributed by atoms with Gasteiger partial charge in [-0.15, -0.1) is 0 Å². The van der Waals surface area contributed by atoms with E-state index in [1.807, 2.05) is 20.8 Å². The zero-order valence-corrected chi connectivity index (χ0v) is 13.5. The number of Topliss-reactive ketones (excluding diaryl/α,β-unsaturated/α-hetero) is 1. The Bertz CT molecular complexity index is 570. The van der Waals surface area contributed by atoms with Gasteiger partial charge in [0, 0.05) is 25.9 Å². The molecule has 0 radical (unpaired) electrons. The molecule has 1 heterocycles. The second-order valence-corrected chi connectivity index (χ2v) is 5.41. The van der Waals surface area contributed by atoms with Crippen molar-refractivity contribution in [2.75, 3.05) is 13.2 Å². The maximum atomic E-state index is 12.3. The van der Waals surface area contributed by atoms with Crippen LogP contribution in [0.2, 0.25) is 0 Å². The minimum atomic E-state index is -1.32. The third-order valence-corrected chi connectivity index (χ3v) is 3.35. The Morgan fingerprint density at radius 1 is 1.41 bits per heavy atom. The number of aromatic nitrogens is 1. The van der Waals surface area contributed by atoms with E-state index < -0.39 is 17.6 Å². The molecule has 1 unspecified atom stereocenters. The molecule has 1 aromatic heterocycles. The van der Waals surface area contributed by atoms with Gasteiger partial charge in [0.1, 0.15) is 0 Å². The number of nitriles is 1. The van der Waals surface area contributed by atoms with Crippen LogP contribution < -0.4 is 5.32 Å². The molecule has 0 saturated heterocycles. The predicted octanol–water partition coefficient (Wildman–Crippen LogP) is 1.59. The molecular formula is C16H23N3O3. The lowest BCUT2D eigenvalue weighted by molar-refractivity contribution is -0.122. The minimum absolute atomic E-state index is 0.143. The highest BCUT2D eigenvalue weighted by Crippen LogP contribution is 2.12. The molecule has 0 bridgehead atoms. The summed E-state index contributed by atoms with van der Waals surface area (Å²) in [7, 11) is 1.73. The third-order valence-electron chi connectivity index (χ3n) is 3.35. The first-order valence-corrected chi connectivity index (χ1v) is 7.34. The van der Waals surface area contributed by atoms with E-state index in [1.54, 1.807) is 29.8 Å². The Balaban J connectivity index is 2.56. The summed E-state index contributed by atoms with van der Waals surface area (Å²) >= 11 is 0. The number of nitrogens with zero attached hydrogens (tertiary/aromatic N) is 2. The number of hydrogen-bond donors (Lipinski definition) is 1. The van der Waals surface area contributed by atoms with Gasteiger partial charge in [-0.2, -0.15) is 5.26 Å². The van der Waals surface area contributed by atoms with Gasteiger partial charge in [0.05, 0.1) is 17.9 Å². The molecule has 0 spiro atoms. The van der Waals surface area contributed by atoms with E-state index in [-0.39, 0.29) is 6.10 Å². The average molecular weight is 305 g/mol. The van der Waals surface area contributed by atoms with Gasteiger partial charge in [-0.3, -0.25) is 9.59 Å². The van der Waals surface area contributed by atoms with Crippen molar-refractivity contribution in [1.29, 1.82) is 5.26 Å². The van der Waals surface area contributed by atoms with Gasteiger partial charge in [0.25, 0.3) is 0 Å². The van der Waals surface area contributed by atoms with Crippen molar-refractivity contribution in [2.24, 2.45) is 13.0 Å². The summed E-state index contributed by atoms with van der Waals surface area (Å²) in [6.07, 6.45) is 0.782. The molecule has 120 valence electrons. The fourth-order valence-corrected chi connectivity index (χ4v) is 1.95. The summed E-state index contributed by atoms with van der Waals surface area (Å²) in [5, 5.41) is 11.7. The summed E-state index contributed by atoms with van der Waals surface area (Å²) in [6, 6.07) is 5.20. The molecule has 1 aromatic rings. The van der Waals surface area contributed by atoms with Crippen molar-refractivity contribution in [2.45, 2.75) is 33.3 Å². The number of rotatable bonds is 8. The van der Waals surface area contributed by atoms with Crippen LogP contribution in [0.15, 0.2) is 12.1 Å². The van der Waals surface area contributed by atoms with Crippen LogP contribution in [0.3, 0.4) is 0 Å². The lowest BCUT2D eigenvalue weighted by Gasteiger charge is -2.11. The van der Waals surface area contributed by atoms with Gasteiger partial charge in [0.15, 0.2) is 5.92 Å². The van der Waals surface area contributed by atoms with Crippen molar-refractivity contribution >= 4 is 11.7 Å². The normalized spacial score (nSPS) is 12.0. The van der Waals surface area contributed by atoms with Crippen LogP contribution in [0.25, 0.3) is 0 Å². The van der Waals surface area contributed by atoms with E-state index in [4.69, 9.17) is 10.00 Å². The van der Waals surface area contributed by atoms with E-state index in [2.05, 4.69) is 5.32 Å². The van der Waals surface area contributed by atoms with Gasteiger partial charge in [-0.25, -0.2) is 0 Å². The Kier molecular flexibility index (Phi) is 6.80. The summed E-state index contributed by atoms with van der Waals surface area (Å²) in [5.41, 5.74) is 1.26. The SMILES string of the molecule is Cc1ccc(C(=O)C(C#N)C(=O)NCCCOC(C)C)n1C. The number of carbonyl (C=O) groups is 2. The van der Waals surface area contributed by atoms with Crippen LogP contribution in [0.4, 0.5) is 0 Å². The van der Waals surface area contributed by atoms with E-state index in [0.717, 1.165) is 5.69 Å². The molecule has 0 aliphatic carbocycles.